The number of aryl methyl sites for hydroxylation is 2. The van der Waals surface area contributed by atoms with Crippen LogP contribution in [0.15, 0.2) is 48.8 Å². The number of ether oxygens (including phenoxy) is 1. The van der Waals surface area contributed by atoms with Crippen molar-refractivity contribution in [3.63, 3.8) is 0 Å². The molecule has 1 fully saturated rings. The van der Waals surface area contributed by atoms with Gasteiger partial charge in [-0.05, 0) is 55.2 Å². The minimum Gasteiger partial charge on any atom is -0.491 e. The summed E-state index contributed by atoms with van der Waals surface area (Å²) >= 11 is 0. The second-order valence-electron chi connectivity index (χ2n) is 11.0. The van der Waals surface area contributed by atoms with Crippen molar-refractivity contribution in [2.45, 2.75) is 44.9 Å². The molecule has 4 aromatic rings. The Morgan fingerprint density at radius 2 is 1.89 bits per heavy atom. The largest absolute Gasteiger partial charge is 0.491 e. The summed E-state index contributed by atoms with van der Waals surface area (Å²) in [5.41, 5.74) is 6.52. The second kappa shape index (κ2) is 8.97. The number of carbonyl (C=O) groups is 1. The number of aromatic nitrogens is 4. The Morgan fingerprint density at radius 3 is 2.63 bits per heavy atom. The standard InChI is InChI=1S/C30H32N6O2/c1-17-12-19(8-10-21(17)24-15-36(4)28(34-24)18-6-7-18)26-31-14-25(38-5)27(35-26)33-20-9-11-22-23(13-20)30(2,3)16-32-29(22)37/h8-15,18H,6-7,16H2,1-5H3,(H,32,37)(H,31,33,35). The number of nitrogens with zero attached hydrogens (tertiary/aromatic N) is 4. The highest BCUT2D eigenvalue weighted by Gasteiger charge is 2.32. The fourth-order valence-corrected chi connectivity index (χ4v) is 5.18. The van der Waals surface area contributed by atoms with Crippen molar-refractivity contribution in [3.8, 4) is 28.4 Å². The zero-order chi connectivity index (χ0) is 26.6. The maximum atomic E-state index is 12.4. The molecule has 2 N–H and O–H groups in total. The van der Waals surface area contributed by atoms with Crippen LogP contribution < -0.4 is 15.4 Å². The maximum Gasteiger partial charge on any atom is 0.251 e. The molecule has 0 radical (unpaired) electrons. The van der Waals surface area contributed by atoms with Crippen LogP contribution in [0.2, 0.25) is 0 Å². The fraction of sp³-hybridized carbons (Fsp3) is 0.333. The van der Waals surface area contributed by atoms with Gasteiger partial charge in [0.1, 0.15) is 5.82 Å². The number of rotatable bonds is 6. The van der Waals surface area contributed by atoms with Crippen molar-refractivity contribution in [3.05, 3.63) is 71.3 Å². The lowest BCUT2D eigenvalue weighted by atomic mass is 9.79. The number of anilines is 2. The third kappa shape index (κ3) is 4.30. The van der Waals surface area contributed by atoms with E-state index in [4.69, 9.17) is 14.7 Å². The van der Waals surface area contributed by atoms with E-state index in [1.807, 2.05) is 24.3 Å². The smallest absolute Gasteiger partial charge is 0.251 e. The van der Waals surface area contributed by atoms with Crippen molar-refractivity contribution in [1.82, 2.24) is 24.8 Å². The molecule has 1 aliphatic heterocycles. The van der Waals surface area contributed by atoms with Gasteiger partial charge in [-0.3, -0.25) is 4.79 Å². The lowest BCUT2D eigenvalue weighted by molar-refractivity contribution is 0.0930. The van der Waals surface area contributed by atoms with E-state index in [0.29, 0.717) is 35.4 Å². The van der Waals surface area contributed by atoms with Gasteiger partial charge in [0.2, 0.25) is 0 Å². The monoisotopic (exact) mass is 508 g/mol. The van der Waals surface area contributed by atoms with E-state index in [1.165, 1.54) is 18.7 Å². The zero-order valence-corrected chi connectivity index (χ0v) is 22.4. The van der Waals surface area contributed by atoms with Crippen molar-refractivity contribution in [2.75, 3.05) is 19.0 Å². The van der Waals surface area contributed by atoms with Crippen molar-refractivity contribution < 1.29 is 9.53 Å². The molecule has 0 saturated heterocycles. The Bertz CT molecular complexity index is 1570. The average Bonchev–Trinajstić information content (AvgIpc) is 3.67. The molecule has 194 valence electrons. The average molecular weight is 509 g/mol. The van der Waals surface area contributed by atoms with Crippen LogP contribution in [0.25, 0.3) is 22.6 Å². The first kappa shape index (κ1) is 24.2. The van der Waals surface area contributed by atoms with Gasteiger partial charge in [-0.1, -0.05) is 26.0 Å². The molecule has 2 aromatic heterocycles. The van der Waals surface area contributed by atoms with Gasteiger partial charge in [0, 0.05) is 53.5 Å². The summed E-state index contributed by atoms with van der Waals surface area (Å²) in [7, 11) is 3.68. The van der Waals surface area contributed by atoms with Gasteiger partial charge < -0.3 is 19.9 Å². The van der Waals surface area contributed by atoms with Gasteiger partial charge in [-0.2, -0.15) is 0 Å². The highest BCUT2D eigenvalue weighted by Crippen LogP contribution is 2.40. The quantitative estimate of drug-likeness (QED) is 0.357. The number of nitrogens with one attached hydrogen (secondary N) is 2. The number of fused-ring (bicyclic) bond motifs is 1. The lowest BCUT2D eigenvalue weighted by Crippen LogP contribution is -2.43. The van der Waals surface area contributed by atoms with Crippen LogP contribution >= 0.6 is 0 Å². The summed E-state index contributed by atoms with van der Waals surface area (Å²) in [4.78, 5) is 26.7. The van der Waals surface area contributed by atoms with E-state index < -0.39 is 0 Å². The SMILES string of the molecule is COc1cnc(-c2ccc(-c3cn(C)c(C4CC4)n3)c(C)c2)nc1Nc1ccc2c(c1)C(C)(C)CNC2=O. The molecule has 38 heavy (non-hydrogen) atoms. The molecule has 6 rings (SSSR count). The van der Waals surface area contributed by atoms with Crippen LogP contribution in [0, 0.1) is 6.92 Å². The molecule has 0 atom stereocenters. The van der Waals surface area contributed by atoms with Crippen molar-refractivity contribution in [1.29, 1.82) is 0 Å². The number of hydrogen-bond donors (Lipinski definition) is 2. The van der Waals surface area contributed by atoms with Crippen LogP contribution in [0.5, 0.6) is 5.75 Å². The Labute approximate surface area is 222 Å². The van der Waals surface area contributed by atoms with Crippen molar-refractivity contribution >= 4 is 17.4 Å². The van der Waals surface area contributed by atoms with Crippen LogP contribution in [0.1, 0.15) is 59.9 Å². The predicted octanol–water partition coefficient (Wildman–Crippen LogP) is 5.50. The van der Waals surface area contributed by atoms with Crippen molar-refractivity contribution in [2.24, 2.45) is 7.05 Å². The molecule has 0 spiro atoms. The molecule has 1 aliphatic carbocycles. The zero-order valence-electron chi connectivity index (χ0n) is 22.4. The third-order valence-corrected chi connectivity index (χ3v) is 7.54. The number of carbonyl (C=O) groups excluding carboxylic acids is 1. The third-order valence-electron chi connectivity index (χ3n) is 7.54. The van der Waals surface area contributed by atoms with Crippen LogP contribution in [-0.2, 0) is 12.5 Å². The van der Waals surface area contributed by atoms with E-state index in [1.54, 1.807) is 13.3 Å². The topological polar surface area (TPSA) is 94.0 Å². The van der Waals surface area contributed by atoms with Gasteiger partial charge in [0.25, 0.3) is 5.91 Å². The normalized spacial score (nSPS) is 16.1. The molecular formula is C30H32N6O2. The summed E-state index contributed by atoms with van der Waals surface area (Å²) in [6.07, 6.45) is 6.26. The molecule has 1 amide bonds. The minimum atomic E-state index is -0.172. The van der Waals surface area contributed by atoms with Gasteiger partial charge in [-0.15, -0.1) is 0 Å². The molecule has 2 aliphatic rings. The van der Waals surface area contributed by atoms with E-state index in [9.17, 15) is 4.79 Å². The Morgan fingerprint density at radius 1 is 1.11 bits per heavy atom. The minimum absolute atomic E-state index is 0.0407. The van der Waals surface area contributed by atoms with Crippen LogP contribution in [-0.4, -0.2) is 39.1 Å². The number of benzene rings is 2. The predicted molar refractivity (Wildman–Crippen MR) is 148 cm³/mol. The molecular weight excluding hydrogens is 476 g/mol. The summed E-state index contributed by atoms with van der Waals surface area (Å²) in [5.74, 6) is 3.43. The number of amides is 1. The van der Waals surface area contributed by atoms with E-state index in [2.05, 4.69) is 66.3 Å². The highest BCUT2D eigenvalue weighted by atomic mass is 16.5. The van der Waals surface area contributed by atoms with Gasteiger partial charge >= 0.3 is 0 Å². The number of imidazole rings is 1. The Balaban J connectivity index is 1.31. The Kier molecular flexibility index (Phi) is 5.70. The van der Waals surface area contributed by atoms with E-state index in [0.717, 1.165) is 33.6 Å². The lowest BCUT2D eigenvalue weighted by Gasteiger charge is -2.32. The Hall–Kier alpha value is -4.20. The van der Waals surface area contributed by atoms with Crippen LogP contribution in [0.4, 0.5) is 11.5 Å². The summed E-state index contributed by atoms with van der Waals surface area (Å²) < 4.78 is 7.71. The van der Waals surface area contributed by atoms with E-state index >= 15 is 0 Å². The molecule has 0 unspecified atom stereocenters. The molecule has 1 saturated carbocycles. The van der Waals surface area contributed by atoms with Gasteiger partial charge in [0.05, 0.1) is 19.0 Å². The highest BCUT2D eigenvalue weighted by molar-refractivity contribution is 5.98. The fourth-order valence-electron chi connectivity index (χ4n) is 5.18. The molecule has 8 nitrogen and oxygen atoms in total. The molecule has 8 heteroatoms. The first-order valence-electron chi connectivity index (χ1n) is 13.0. The summed E-state index contributed by atoms with van der Waals surface area (Å²) in [5, 5.41) is 6.36. The molecule has 2 aromatic carbocycles. The molecule has 3 heterocycles. The number of methoxy groups -OCH3 is 1. The number of hydrogen-bond acceptors (Lipinski definition) is 6. The summed E-state index contributed by atoms with van der Waals surface area (Å²) in [6, 6.07) is 12.0. The molecule has 0 bridgehead atoms. The van der Waals surface area contributed by atoms with Gasteiger partial charge in [0.15, 0.2) is 17.4 Å². The van der Waals surface area contributed by atoms with Gasteiger partial charge in [-0.25, -0.2) is 15.0 Å². The first-order chi connectivity index (χ1) is 18.2. The van der Waals surface area contributed by atoms with E-state index in [-0.39, 0.29) is 11.3 Å². The summed E-state index contributed by atoms with van der Waals surface area (Å²) in [6.45, 7) is 6.95. The maximum absolute atomic E-state index is 12.4. The first-order valence-corrected chi connectivity index (χ1v) is 13.0. The van der Waals surface area contributed by atoms with Crippen LogP contribution in [0.3, 0.4) is 0 Å². The second-order valence-corrected chi connectivity index (χ2v) is 11.0.